The summed E-state index contributed by atoms with van der Waals surface area (Å²) in [6, 6.07) is 13.7. The third-order valence-electron chi connectivity index (χ3n) is 5.08. The molecule has 1 aliphatic rings. The van der Waals surface area contributed by atoms with Gasteiger partial charge in [0.2, 0.25) is 0 Å². The zero-order chi connectivity index (χ0) is 18.1. The van der Waals surface area contributed by atoms with Gasteiger partial charge in [0.15, 0.2) is 0 Å². The van der Waals surface area contributed by atoms with Crippen LogP contribution in [0.25, 0.3) is 11.0 Å². The molecule has 4 rings (SSSR count). The number of aryl methyl sites for hydroxylation is 1. The van der Waals surface area contributed by atoms with E-state index in [1.54, 1.807) is 12.1 Å². The molecule has 0 unspecified atom stereocenters. The van der Waals surface area contributed by atoms with Crippen molar-refractivity contribution in [2.45, 2.75) is 44.6 Å². The van der Waals surface area contributed by atoms with E-state index >= 15 is 0 Å². The second-order valence-electron chi connectivity index (χ2n) is 6.99. The highest BCUT2D eigenvalue weighted by Gasteiger charge is 2.25. The molecule has 0 amide bonds. The molecule has 0 bridgehead atoms. The first kappa shape index (κ1) is 16.9. The number of rotatable bonds is 3. The molecule has 0 radical (unpaired) electrons. The van der Waals surface area contributed by atoms with Gasteiger partial charge in [0.25, 0.3) is 0 Å². The second-order valence-corrected chi connectivity index (χ2v) is 7.39. The largest absolute Gasteiger partial charge is 0.490 e. The quantitative estimate of drug-likeness (QED) is 0.666. The van der Waals surface area contributed by atoms with Gasteiger partial charge < -0.3 is 9.72 Å². The maximum atomic E-state index is 8.95. The van der Waals surface area contributed by atoms with Crippen molar-refractivity contribution in [2.24, 2.45) is 0 Å². The van der Waals surface area contributed by atoms with Crippen molar-refractivity contribution < 1.29 is 4.74 Å². The summed E-state index contributed by atoms with van der Waals surface area (Å²) < 4.78 is 6.07. The van der Waals surface area contributed by atoms with Crippen molar-refractivity contribution >= 4 is 22.6 Å². The molecule has 1 N–H and O–H groups in total. The predicted octanol–water partition coefficient (Wildman–Crippen LogP) is 5.50. The third-order valence-corrected chi connectivity index (χ3v) is 5.39. The molecule has 0 saturated heterocycles. The molecule has 0 atom stereocenters. The van der Waals surface area contributed by atoms with Crippen LogP contribution in [-0.4, -0.2) is 16.1 Å². The van der Waals surface area contributed by atoms with Crippen molar-refractivity contribution in [2.75, 3.05) is 0 Å². The van der Waals surface area contributed by atoms with E-state index < -0.39 is 0 Å². The molecule has 2 aromatic carbocycles. The van der Waals surface area contributed by atoms with Crippen LogP contribution >= 0.6 is 11.6 Å². The number of nitriles is 1. The second kappa shape index (κ2) is 7.01. The van der Waals surface area contributed by atoms with Crippen LogP contribution in [0.5, 0.6) is 5.75 Å². The summed E-state index contributed by atoms with van der Waals surface area (Å²) in [7, 11) is 0. The average Bonchev–Trinajstić information content (AvgIpc) is 3.05. The van der Waals surface area contributed by atoms with Gasteiger partial charge in [0, 0.05) is 12.0 Å². The Kier molecular flexibility index (Phi) is 4.57. The van der Waals surface area contributed by atoms with E-state index in [1.165, 1.54) is 5.56 Å². The van der Waals surface area contributed by atoms with E-state index in [4.69, 9.17) is 26.6 Å². The normalized spacial score (nSPS) is 20.0. The van der Waals surface area contributed by atoms with E-state index in [9.17, 15) is 0 Å². The Labute approximate surface area is 157 Å². The minimum Gasteiger partial charge on any atom is -0.490 e. The summed E-state index contributed by atoms with van der Waals surface area (Å²) in [4.78, 5) is 8.27. The van der Waals surface area contributed by atoms with Crippen molar-refractivity contribution in [1.29, 1.82) is 5.26 Å². The number of aromatic nitrogens is 2. The first-order valence-corrected chi connectivity index (χ1v) is 9.33. The number of hydrogen-bond acceptors (Lipinski definition) is 3. The fourth-order valence-electron chi connectivity index (χ4n) is 3.64. The minimum absolute atomic E-state index is 0.182. The fourth-order valence-corrected chi connectivity index (χ4v) is 3.85. The Morgan fingerprint density at radius 3 is 2.69 bits per heavy atom. The summed E-state index contributed by atoms with van der Waals surface area (Å²) in [6.45, 7) is 2.09. The molecule has 0 spiro atoms. The van der Waals surface area contributed by atoms with Crippen LogP contribution in [0.2, 0.25) is 5.02 Å². The zero-order valence-electron chi connectivity index (χ0n) is 14.6. The van der Waals surface area contributed by atoms with E-state index in [2.05, 4.69) is 36.2 Å². The lowest BCUT2D eigenvalue weighted by Crippen LogP contribution is -2.23. The van der Waals surface area contributed by atoms with Crippen LogP contribution in [0, 0.1) is 18.3 Å². The van der Waals surface area contributed by atoms with Crippen molar-refractivity contribution in [3.63, 3.8) is 0 Å². The maximum absolute atomic E-state index is 8.95. The van der Waals surface area contributed by atoms with Gasteiger partial charge >= 0.3 is 0 Å². The molecule has 1 heterocycles. The molecule has 0 aliphatic heterocycles. The van der Waals surface area contributed by atoms with Crippen LogP contribution in [0.4, 0.5) is 0 Å². The van der Waals surface area contributed by atoms with Gasteiger partial charge in [-0.25, -0.2) is 4.98 Å². The number of fused-ring (bicyclic) bond motifs is 1. The Bertz CT molecular complexity index is 981. The zero-order valence-corrected chi connectivity index (χ0v) is 15.4. The number of ether oxygens (including phenoxy) is 1. The molecular formula is C21H20ClN3O. The van der Waals surface area contributed by atoms with Gasteiger partial charge in [-0.2, -0.15) is 5.26 Å². The van der Waals surface area contributed by atoms with Crippen molar-refractivity contribution in [1.82, 2.24) is 9.97 Å². The molecule has 5 heteroatoms. The van der Waals surface area contributed by atoms with E-state index in [0.29, 0.717) is 16.5 Å². The molecule has 1 aromatic heterocycles. The number of aromatic amines is 1. The summed E-state index contributed by atoms with van der Waals surface area (Å²) >= 11 is 6.09. The van der Waals surface area contributed by atoms with Gasteiger partial charge in [-0.15, -0.1) is 0 Å². The number of nitrogens with zero attached hydrogens (tertiary/aromatic N) is 2. The maximum Gasteiger partial charge on any atom is 0.121 e. The van der Waals surface area contributed by atoms with Gasteiger partial charge in [-0.1, -0.05) is 17.7 Å². The number of benzene rings is 2. The summed E-state index contributed by atoms with van der Waals surface area (Å²) in [6.07, 6.45) is 4.25. The molecule has 1 saturated carbocycles. The lowest BCUT2D eigenvalue weighted by Gasteiger charge is -2.28. The monoisotopic (exact) mass is 365 g/mol. The summed E-state index contributed by atoms with van der Waals surface area (Å²) in [5.74, 6) is 2.27. The smallest absolute Gasteiger partial charge is 0.121 e. The molecule has 4 nitrogen and oxygen atoms in total. The van der Waals surface area contributed by atoms with Crippen LogP contribution in [-0.2, 0) is 0 Å². The topological polar surface area (TPSA) is 61.7 Å². The highest BCUT2D eigenvalue weighted by molar-refractivity contribution is 6.31. The number of halogens is 1. The van der Waals surface area contributed by atoms with E-state index in [0.717, 1.165) is 48.3 Å². The number of H-pyrrole nitrogens is 1. The van der Waals surface area contributed by atoms with Crippen molar-refractivity contribution in [3.8, 4) is 11.8 Å². The number of imidazole rings is 1. The van der Waals surface area contributed by atoms with Gasteiger partial charge in [-0.3, -0.25) is 0 Å². The first-order chi connectivity index (χ1) is 12.6. The van der Waals surface area contributed by atoms with Crippen molar-refractivity contribution in [3.05, 3.63) is 58.4 Å². The highest BCUT2D eigenvalue weighted by Crippen LogP contribution is 2.34. The first-order valence-electron chi connectivity index (χ1n) is 8.95. The molecule has 3 aromatic rings. The van der Waals surface area contributed by atoms with Crippen LogP contribution in [0.15, 0.2) is 36.4 Å². The molecule has 26 heavy (non-hydrogen) atoms. The van der Waals surface area contributed by atoms with Crippen LogP contribution in [0.3, 0.4) is 0 Å². The highest BCUT2D eigenvalue weighted by atomic mass is 35.5. The Hall–Kier alpha value is -2.51. The lowest BCUT2D eigenvalue weighted by molar-refractivity contribution is 0.145. The summed E-state index contributed by atoms with van der Waals surface area (Å²) in [5.41, 5.74) is 3.86. The number of nitrogens with one attached hydrogen (secondary N) is 1. The van der Waals surface area contributed by atoms with E-state index in [1.807, 2.05) is 6.07 Å². The molecule has 1 aliphatic carbocycles. The third kappa shape index (κ3) is 3.40. The Morgan fingerprint density at radius 1 is 1.15 bits per heavy atom. The lowest BCUT2D eigenvalue weighted by atomic mass is 9.87. The average molecular weight is 366 g/mol. The predicted molar refractivity (Wildman–Crippen MR) is 103 cm³/mol. The summed E-state index contributed by atoms with van der Waals surface area (Å²) in [5, 5.41) is 9.39. The molecular weight excluding hydrogens is 346 g/mol. The van der Waals surface area contributed by atoms with E-state index in [-0.39, 0.29) is 6.10 Å². The molecule has 1 fully saturated rings. The standard InChI is InChI=1S/C21H20ClN3O/c1-13-2-9-19-20(10-13)25-21(24-19)14-3-6-16(7-4-14)26-17-8-5-15(12-23)18(22)11-17/h2,5,8-11,14,16H,3-4,6-7H2,1H3,(H,24,25)/t14-,16-. The number of hydrogen-bond donors (Lipinski definition) is 1. The van der Waals surface area contributed by atoms with Gasteiger partial charge in [0.1, 0.15) is 17.6 Å². The van der Waals surface area contributed by atoms with Crippen LogP contribution in [0.1, 0.15) is 48.6 Å². The SMILES string of the molecule is Cc1ccc2[nH]c([C@H]3CC[C@H](Oc4ccc(C#N)c(Cl)c4)CC3)nc2c1. The van der Waals surface area contributed by atoms with Gasteiger partial charge in [0.05, 0.1) is 27.7 Å². The fraction of sp³-hybridized carbons (Fsp3) is 0.333. The Morgan fingerprint density at radius 2 is 1.96 bits per heavy atom. The minimum atomic E-state index is 0.182. The Balaban J connectivity index is 1.40. The molecule has 132 valence electrons. The van der Waals surface area contributed by atoms with Crippen LogP contribution < -0.4 is 4.74 Å². The van der Waals surface area contributed by atoms with Gasteiger partial charge in [-0.05, 0) is 62.4 Å².